The Kier molecular flexibility index (Phi) is 6.58. The topological polar surface area (TPSA) is 85.3 Å². The Morgan fingerprint density at radius 2 is 1.90 bits per heavy atom. The van der Waals surface area contributed by atoms with Gasteiger partial charge in [-0.15, -0.1) is 0 Å². The van der Waals surface area contributed by atoms with Gasteiger partial charge >= 0.3 is 5.97 Å². The molecule has 2 heterocycles. The third-order valence-electron chi connectivity index (χ3n) is 6.78. The van der Waals surface area contributed by atoms with E-state index in [1.165, 1.54) is 7.11 Å². The van der Waals surface area contributed by atoms with E-state index in [0.717, 1.165) is 39.1 Å². The number of ether oxygens (including phenoxy) is 3. The van der Waals surface area contributed by atoms with Crippen LogP contribution in [0, 0.1) is 17.8 Å². The normalized spacial score (nSPS) is 29.3. The minimum absolute atomic E-state index is 0.231. The standard InChI is InChI=1S/C23H31NO6/c1-28-23(27)16-3-2-4-19(10-16)30-21-12-18-14-24(13-17(18)11-20(21)25)22(26)9-15-5-7-29-8-6-15/h2-4,10,15,17-18,20-21,25H,5-9,11-14H2,1H3/t17-,18+,20+,21+/m0/s1. The van der Waals surface area contributed by atoms with E-state index in [0.29, 0.717) is 48.3 Å². The predicted molar refractivity (Wildman–Crippen MR) is 109 cm³/mol. The lowest BCUT2D eigenvalue weighted by Gasteiger charge is -2.35. The van der Waals surface area contributed by atoms with Gasteiger partial charge in [-0.1, -0.05) is 6.07 Å². The number of esters is 1. The molecule has 0 aromatic heterocycles. The highest BCUT2D eigenvalue weighted by Gasteiger charge is 2.44. The molecule has 2 saturated heterocycles. The number of amides is 1. The monoisotopic (exact) mass is 417 g/mol. The first-order valence-electron chi connectivity index (χ1n) is 10.9. The second-order valence-electron chi connectivity index (χ2n) is 8.79. The van der Waals surface area contributed by atoms with Gasteiger partial charge in [0.2, 0.25) is 5.91 Å². The summed E-state index contributed by atoms with van der Waals surface area (Å²) in [6.07, 6.45) is 2.94. The van der Waals surface area contributed by atoms with Gasteiger partial charge in [0.25, 0.3) is 0 Å². The molecule has 1 saturated carbocycles. The minimum Gasteiger partial charge on any atom is -0.488 e. The smallest absolute Gasteiger partial charge is 0.337 e. The number of benzene rings is 1. The SMILES string of the molecule is COC(=O)c1cccc(O[C@@H]2C[C@@H]3CN(C(=O)CC4CCOCC4)C[C@@H]3C[C@H]2O)c1. The number of aliphatic hydroxyl groups excluding tert-OH is 1. The molecule has 1 aromatic carbocycles. The van der Waals surface area contributed by atoms with Crippen molar-refractivity contribution in [1.82, 2.24) is 4.90 Å². The number of methoxy groups -OCH3 is 1. The van der Waals surface area contributed by atoms with E-state index in [4.69, 9.17) is 14.2 Å². The largest absolute Gasteiger partial charge is 0.488 e. The van der Waals surface area contributed by atoms with Crippen LogP contribution in [0.25, 0.3) is 0 Å². The molecule has 7 heteroatoms. The van der Waals surface area contributed by atoms with Crippen LogP contribution in [0.2, 0.25) is 0 Å². The molecule has 4 rings (SSSR count). The number of fused-ring (bicyclic) bond motifs is 1. The molecule has 3 aliphatic rings. The molecule has 164 valence electrons. The molecule has 0 bridgehead atoms. The fraction of sp³-hybridized carbons (Fsp3) is 0.652. The second kappa shape index (κ2) is 9.35. The third-order valence-corrected chi connectivity index (χ3v) is 6.78. The molecule has 2 aliphatic heterocycles. The van der Waals surface area contributed by atoms with Crippen molar-refractivity contribution in [3.8, 4) is 5.75 Å². The zero-order valence-corrected chi connectivity index (χ0v) is 17.5. The van der Waals surface area contributed by atoms with Gasteiger partial charge in [-0.25, -0.2) is 4.79 Å². The molecule has 30 heavy (non-hydrogen) atoms. The van der Waals surface area contributed by atoms with Crippen LogP contribution in [0.4, 0.5) is 0 Å². The molecule has 1 aliphatic carbocycles. The molecule has 7 nitrogen and oxygen atoms in total. The first-order chi connectivity index (χ1) is 14.5. The molecule has 0 spiro atoms. The van der Waals surface area contributed by atoms with Crippen LogP contribution < -0.4 is 4.74 Å². The van der Waals surface area contributed by atoms with Gasteiger partial charge in [0.05, 0.1) is 18.8 Å². The number of hydrogen-bond acceptors (Lipinski definition) is 6. The first kappa shape index (κ1) is 21.1. The highest BCUT2D eigenvalue weighted by atomic mass is 16.5. The number of nitrogens with zero attached hydrogens (tertiary/aromatic N) is 1. The van der Waals surface area contributed by atoms with Crippen LogP contribution in [0.5, 0.6) is 5.75 Å². The summed E-state index contributed by atoms with van der Waals surface area (Å²) in [5.74, 6) is 1.44. The molecule has 1 aromatic rings. The van der Waals surface area contributed by atoms with E-state index in [2.05, 4.69) is 0 Å². The summed E-state index contributed by atoms with van der Waals surface area (Å²) in [7, 11) is 1.34. The van der Waals surface area contributed by atoms with Crippen LogP contribution in [0.3, 0.4) is 0 Å². The molecular weight excluding hydrogens is 386 g/mol. The second-order valence-corrected chi connectivity index (χ2v) is 8.79. The Balaban J connectivity index is 1.34. The molecular formula is C23H31NO6. The lowest BCUT2D eigenvalue weighted by Crippen LogP contribution is -2.42. The van der Waals surface area contributed by atoms with Crippen LogP contribution >= 0.6 is 0 Å². The van der Waals surface area contributed by atoms with Crippen LogP contribution in [-0.4, -0.2) is 67.5 Å². The minimum atomic E-state index is -0.585. The summed E-state index contributed by atoms with van der Waals surface area (Å²) in [5.41, 5.74) is 0.420. The van der Waals surface area contributed by atoms with Crippen molar-refractivity contribution in [3.05, 3.63) is 29.8 Å². The average molecular weight is 418 g/mol. The number of aliphatic hydroxyl groups is 1. The third kappa shape index (κ3) is 4.78. The Labute approximate surface area is 177 Å². The van der Waals surface area contributed by atoms with Gasteiger partial charge in [0.15, 0.2) is 0 Å². The number of likely N-dealkylation sites (tertiary alicyclic amines) is 1. The highest BCUT2D eigenvalue weighted by Crippen LogP contribution is 2.38. The molecule has 0 radical (unpaired) electrons. The highest BCUT2D eigenvalue weighted by molar-refractivity contribution is 5.89. The van der Waals surface area contributed by atoms with Crippen molar-refractivity contribution in [2.45, 2.75) is 44.3 Å². The maximum Gasteiger partial charge on any atom is 0.337 e. The van der Waals surface area contributed by atoms with Crippen LogP contribution in [-0.2, 0) is 14.3 Å². The van der Waals surface area contributed by atoms with E-state index in [1.54, 1.807) is 24.3 Å². The quantitative estimate of drug-likeness (QED) is 0.740. The molecule has 1 amide bonds. The van der Waals surface area contributed by atoms with Crippen molar-refractivity contribution in [2.75, 3.05) is 33.4 Å². The predicted octanol–water partition coefficient (Wildman–Crippen LogP) is 2.27. The molecule has 0 unspecified atom stereocenters. The van der Waals surface area contributed by atoms with Crippen molar-refractivity contribution >= 4 is 11.9 Å². The fourth-order valence-electron chi connectivity index (χ4n) is 5.04. The number of rotatable bonds is 5. The number of carbonyl (C=O) groups is 2. The summed E-state index contributed by atoms with van der Waals surface area (Å²) in [6, 6.07) is 6.84. The molecule has 4 atom stereocenters. The fourth-order valence-corrected chi connectivity index (χ4v) is 5.04. The van der Waals surface area contributed by atoms with Crippen LogP contribution in [0.1, 0.15) is 42.5 Å². The zero-order chi connectivity index (χ0) is 21.1. The molecule has 3 fully saturated rings. The van der Waals surface area contributed by atoms with Crippen molar-refractivity contribution in [3.63, 3.8) is 0 Å². The maximum atomic E-state index is 12.8. The van der Waals surface area contributed by atoms with Crippen molar-refractivity contribution in [1.29, 1.82) is 0 Å². The maximum absolute atomic E-state index is 12.8. The van der Waals surface area contributed by atoms with E-state index >= 15 is 0 Å². The van der Waals surface area contributed by atoms with Gasteiger partial charge in [0, 0.05) is 32.7 Å². The Hall–Kier alpha value is -2.12. The van der Waals surface area contributed by atoms with Gasteiger partial charge < -0.3 is 24.2 Å². The number of hydrogen-bond donors (Lipinski definition) is 1. The van der Waals surface area contributed by atoms with Crippen molar-refractivity contribution < 1.29 is 28.9 Å². The van der Waals surface area contributed by atoms with Gasteiger partial charge in [-0.05, 0) is 61.6 Å². The Morgan fingerprint density at radius 3 is 2.63 bits per heavy atom. The first-order valence-corrected chi connectivity index (χ1v) is 10.9. The lowest BCUT2D eigenvalue weighted by molar-refractivity contribution is -0.132. The van der Waals surface area contributed by atoms with E-state index in [-0.39, 0.29) is 12.0 Å². The summed E-state index contributed by atoms with van der Waals surface area (Å²) in [5, 5.41) is 10.7. The average Bonchev–Trinajstić information content (AvgIpc) is 3.17. The number of carbonyl (C=O) groups excluding carboxylic acids is 2. The summed E-state index contributed by atoms with van der Waals surface area (Å²) in [6.45, 7) is 2.98. The zero-order valence-electron chi connectivity index (χ0n) is 17.5. The van der Waals surface area contributed by atoms with Gasteiger partial charge in [0.1, 0.15) is 11.9 Å². The van der Waals surface area contributed by atoms with E-state index in [1.807, 2.05) is 4.90 Å². The van der Waals surface area contributed by atoms with Gasteiger partial charge in [-0.3, -0.25) is 4.79 Å². The van der Waals surface area contributed by atoms with Crippen LogP contribution in [0.15, 0.2) is 24.3 Å². The summed E-state index contributed by atoms with van der Waals surface area (Å²) >= 11 is 0. The van der Waals surface area contributed by atoms with E-state index in [9.17, 15) is 14.7 Å². The Bertz CT molecular complexity index is 762. The summed E-state index contributed by atoms with van der Waals surface area (Å²) in [4.78, 5) is 26.5. The molecule has 1 N–H and O–H groups in total. The lowest BCUT2D eigenvalue weighted by atomic mass is 9.78. The van der Waals surface area contributed by atoms with E-state index < -0.39 is 12.1 Å². The Morgan fingerprint density at radius 1 is 1.17 bits per heavy atom. The van der Waals surface area contributed by atoms with Gasteiger partial charge in [-0.2, -0.15) is 0 Å². The van der Waals surface area contributed by atoms with Crippen molar-refractivity contribution in [2.24, 2.45) is 17.8 Å². The summed E-state index contributed by atoms with van der Waals surface area (Å²) < 4.78 is 16.2.